The molecule has 4 amide bonds. The Labute approximate surface area is 260 Å². The van der Waals surface area contributed by atoms with E-state index in [4.69, 9.17) is 14.2 Å². The minimum atomic E-state index is -1.70. The predicted molar refractivity (Wildman–Crippen MR) is 156 cm³/mol. The molecule has 6 N–H and O–H groups in total. The molecule has 2 heterocycles. The Bertz CT molecular complexity index is 1240. The zero-order valence-electron chi connectivity index (χ0n) is 25.8. The topological polar surface area (TPSA) is 221 Å². The maximum absolute atomic E-state index is 12.8. The lowest BCUT2D eigenvalue weighted by atomic mass is 9.94. The number of ether oxygens (including phenoxy) is 3. The number of aliphatic hydroxyl groups excluding tert-OH is 4. The van der Waals surface area contributed by atoms with Gasteiger partial charge in [-0.2, -0.15) is 0 Å². The number of likely N-dealkylation sites (tertiary alicyclic amines) is 1. The van der Waals surface area contributed by atoms with E-state index in [1.807, 2.05) is 13.8 Å². The molecule has 2 saturated heterocycles. The summed E-state index contributed by atoms with van der Waals surface area (Å²) in [4.78, 5) is 62.8. The number of carbonyl (C=O) groups is 5. The van der Waals surface area contributed by atoms with Gasteiger partial charge in [0.1, 0.15) is 36.8 Å². The van der Waals surface area contributed by atoms with Crippen LogP contribution in [0.4, 0.5) is 5.69 Å². The van der Waals surface area contributed by atoms with E-state index < -0.39 is 55.1 Å². The smallest absolute Gasteiger partial charge is 0.308 e. The van der Waals surface area contributed by atoms with Gasteiger partial charge in [-0.05, 0) is 23.6 Å². The van der Waals surface area contributed by atoms with Crippen LogP contribution in [-0.4, -0.2) is 105 Å². The maximum Gasteiger partial charge on any atom is 0.308 e. The first kappa shape index (κ1) is 35.8. The molecule has 15 heteroatoms. The van der Waals surface area contributed by atoms with Crippen molar-refractivity contribution >= 4 is 35.3 Å². The molecule has 0 saturated carbocycles. The molecule has 0 bridgehead atoms. The number of carbonyl (C=O) groups excluding carboxylic acids is 5. The summed E-state index contributed by atoms with van der Waals surface area (Å²) >= 11 is 0. The molecular weight excluding hydrogens is 594 g/mol. The standard InChI is InChI=1S/C30H43N3O12/c1-15(2)18-12-24(37)33(28(18)41)10-8-22(35)31-9-7-23(36)32-19-11-17(14-43-29(42)16(3)4)5-6-20(19)44-30-27(40)26(39)25(38)21(13-34)45-30/h5-6,11,15-16,18,21,25-27,30,34,38-40H,7-10,12-14H2,1-4H3,(H,31,35)(H,32,36). The predicted octanol–water partition coefficient (Wildman–Crippen LogP) is -0.569. The molecule has 3 rings (SSSR count). The van der Waals surface area contributed by atoms with Gasteiger partial charge in [0.25, 0.3) is 0 Å². The molecule has 0 aliphatic carbocycles. The van der Waals surface area contributed by atoms with Gasteiger partial charge in [0.2, 0.25) is 29.9 Å². The quantitative estimate of drug-likeness (QED) is 0.112. The van der Waals surface area contributed by atoms with Crippen LogP contribution in [0.3, 0.4) is 0 Å². The monoisotopic (exact) mass is 637 g/mol. The minimum Gasteiger partial charge on any atom is -0.461 e. The highest BCUT2D eigenvalue weighted by Gasteiger charge is 2.45. The second kappa shape index (κ2) is 16.1. The van der Waals surface area contributed by atoms with E-state index in [0.29, 0.717) is 5.56 Å². The Morgan fingerprint density at radius 3 is 2.36 bits per heavy atom. The molecule has 1 aromatic carbocycles. The summed E-state index contributed by atoms with van der Waals surface area (Å²) in [6.45, 7) is 6.19. The van der Waals surface area contributed by atoms with E-state index in [1.165, 1.54) is 12.1 Å². The number of hydrogen-bond acceptors (Lipinski definition) is 12. The molecule has 2 aliphatic rings. The third kappa shape index (κ3) is 9.43. The van der Waals surface area contributed by atoms with E-state index in [9.17, 15) is 44.4 Å². The van der Waals surface area contributed by atoms with Crippen molar-refractivity contribution in [1.29, 1.82) is 0 Å². The highest BCUT2D eigenvalue weighted by atomic mass is 16.7. The number of amides is 4. The van der Waals surface area contributed by atoms with E-state index >= 15 is 0 Å². The van der Waals surface area contributed by atoms with Gasteiger partial charge < -0.3 is 45.3 Å². The van der Waals surface area contributed by atoms with E-state index in [1.54, 1.807) is 19.9 Å². The van der Waals surface area contributed by atoms with Crippen LogP contribution in [0, 0.1) is 17.8 Å². The van der Waals surface area contributed by atoms with Gasteiger partial charge in [0.15, 0.2) is 0 Å². The fraction of sp³-hybridized carbons (Fsp3) is 0.633. The van der Waals surface area contributed by atoms with Gasteiger partial charge in [-0.25, -0.2) is 0 Å². The van der Waals surface area contributed by atoms with Gasteiger partial charge in [-0.3, -0.25) is 28.9 Å². The summed E-state index contributed by atoms with van der Waals surface area (Å²) < 4.78 is 16.4. The molecule has 0 spiro atoms. The number of imide groups is 1. The lowest BCUT2D eigenvalue weighted by Gasteiger charge is -2.39. The first-order valence-electron chi connectivity index (χ1n) is 14.9. The number of anilines is 1. The van der Waals surface area contributed by atoms with E-state index in [2.05, 4.69) is 10.6 Å². The number of aliphatic hydroxyl groups is 4. The van der Waals surface area contributed by atoms with Crippen LogP contribution in [0.25, 0.3) is 0 Å². The number of esters is 1. The summed E-state index contributed by atoms with van der Waals surface area (Å²) in [6, 6.07) is 4.43. The third-order valence-corrected chi connectivity index (χ3v) is 7.58. The van der Waals surface area contributed by atoms with Crippen molar-refractivity contribution in [3.05, 3.63) is 23.8 Å². The molecule has 2 aliphatic heterocycles. The molecular formula is C30H43N3O12. The highest BCUT2D eigenvalue weighted by Crippen LogP contribution is 2.31. The second-order valence-electron chi connectivity index (χ2n) is 11.7. The third-order valence-electron chi connectivity index (χ3n) is 7.58. The lowest BCUT2D eigenvalue weighted by Crippen LogP contribution is -2.60. The fourth-order valence-electron chi connectivity index (χ4n) is 4.77. The van der Waals surface area contributed by atoms with Gasteiger partial charge in [0.05, 0.1) is 18.2 Å². The van der Waals surface area contributed by atoms with Crippen LogP contribution in [0.15, 0.2) is 18.2 Å². The molecule has 250 valence electrons. The first-order chi connectivity index (χ1) is 21.2. The van der Waals surface area contributed by atoms with Crippen LogP contribution < -0.4 is 15.4 Å². The summed E-state index contributed by atoms with van der Waals surface area (Å²) in [5, 5.41) is 45.2. The zero-order valence-corrected chi connectivity index (χ0v) is 25.8. The summed E-state index contributed by atoms with van der Waals surface area (Å²) in [6.07, 6.45) is -7.88. The second-order valence-corrected chi connectivity index (χ2v) is 11.7. The number of hydrogen-bond donors (Lipinski definition) is 6. The van der Waals surface area contributed by atoms with E-state index in [-0.39, 0.29) is 80.0 Å². The maximum atomic E-state index is 12.8. The Kier molecular flexibility index (Phi) is 12.8. The van der Waals surface area contributed by atoms with Crippen molar-refractivity contribution in [2.24, 2.45) is 17.8 Å². The Balaban J connectivity index is 1.61. The van der Waals surface area contributed by atoms with Gasteiger partial charge in [-0.1, -0.05) is 33.8 Å². The summed E-state index contributed by atoms with van der Waals surface area (Å²) in [5.74, 6) is -2.77. The van der Waals surface area contributed by atoms with Gasteiger partial charge in [-0.15, -0.1) is 0 Å². The normalized spacial score (nSPS) is 25.1. The lowest BCUT2D eigenvalue weighted by molar-refractivity contribution is -0.277. The molecule has 45 heavy (non-hydrogen) atoms. The molecule has 6 atom stereocenters. The fourth-order valence-corrected chi connectivity index (χ4v) is 4.77. The van der Waals surface area contributed by atoms with Crippen LogP contribution in [0.1, 0.15) is 52.5 Å². The zero-order chi connectivity index (χ0) is 33.4. The van der Waals surface area contributed by atoms with Crippen molar-refractivity contribution in [2.75, 3.05) is 25.0 Å². The molecule has 1 aromatic rings. The number of rotatable bonds is 14. The van der Waals surface area contributed by atoms with Crippen molar-refractivity contribution in [3.63, 3.8) is 0 Å². The van der Waals surface area contributed by atoms with E-state index in [0.717, 1.165) is 4.90 Å². The largest absolute Gasteiger partial charge is 0.461 e. The molecule has 2 fully saturated rings. The average Bonchev–Trinajstić information content (AvgIpc) is 3.28. The molecule has 15 nitrogen and oxygen atoms in total. The van der Waals surface area contributed by atoms with Crippen molar-refractivity contribution in [3.8, 4) is 5.75 Å². The summed E-state index contributed by atoms with van der Waals surface area (Å²) in [7, 11) is 0. The van der Waals surface area contributed by atoms with Crippen molar-refractivity contribution in [2.45, 2.75) is 84.3 Å². The van der Waals surface area contributed by atoms with Crippen molar-refractivity contribution < 1.29 is 58.6 Å². The minimum absolute atomic E-state index is 0.00435. The van der Waals surface area contributed by atoms with Crippen LogP contribution in [0.2, 0.25) is 0 Å². The van der Waals surface area contributed by atoms with Crippen LogP contribution in [-0.2, 0) is 40.1 Å². The molecule has 6 unspecified atom stereocenters. The first-order valence-corrected chi connectivity index (χ1v) is 14.9. The molecule has 0 aromatic heterocycles. The van der Waals surface area contributed by atoms with Crippen LogP contribution in [0.5, 0.6) is 5.75 Å². The summed E-state index contributed by atoms with van der Waals surface area (Å²) in [5.41, 5.74) is 0.576. The Morgan fingerprint density at radius 2 is 1.73 bits per heavy atom. The number of benzene rings is 1. The van der Waals surface area contributed by atoms with Crippen molar-refractivity contribution in [1.82, 2.24) is 10.2 Å². The highest BCUT2D eigenvalue weighted by molar-refractivity contribution is 6.03. The Hall–Kier alpha value is -3.63. The van der Waals surface area contributed by atoms with Gasteiger partial charge in [0, 0.05) is 38.3 Å². The average molecular weight is 638 g/mol. The Morgan fingerprint density at radius 1 is 1.02 bits per heavy atom. The number of nitrogens with zero attached hydrogens (tertiary/aromatic N) is 1. The van der Waals surface area contributed by atoms with Gasteiger partial charge >= 0.3 is 5.97 Å². The molecule has 0 radical (unpaired) electrons. The van der Waals surface area contributed by atoms with Crippen LogP contribution >= 0.6 is 0 Å². The SMILES string of the molecule is CC(C)C(=O)OCc1ccc(OC2OC(CO)C(O)C(O)C2O)c(NC(=O)CCNC(=O)CCN2C(=O)CC(C(C)C)C2=O)c1. The number of nitrogens with one attached hydrogen (secondary N) is 2.